The van der Waals surface area contributed by atoms with Gasteiger partial charge in [-0.25, -0.2) is 0 Å². The minimum atomic E-state index is 0.825. The molecule has 1 N–H and O–H groups in total. The van der Waals surface area contributed by atoms with Gasteiger partial charge in [-0.05, 0) is 19.5 Å². The molecule has 0 aromatic rings. The van der Waals surface area contributed by atoms with Crippen LogP contribution in [0.5, 0.6) is 0 Å². The van der Waals surface area contributed by atoms with E-state index in [0.717, 1.165) is 12.1 Å². The summed E-state index contributed by atoms with van der Waals surface area (Å²) < 4.78 is 0. The van der Waals surface area contributed by atoms with Gasteiger partial charge >= 0.3 is 0 Å². The van der Waals surface area contributed by atoms with Gasteiger partial charge in [-0.3, -0.25) is 9.80 Å². The molecular formula is C11H23N3. The fraction of sp³-hybridized carbons (Fsp3) is 1.00. The number of hydrogen-bond acceptors (Lipinski definition) is 3. The van der Waals surface area contributed by atoms with Crippen LogP contribution < -0.4 is 5.32 Å². The van der Waals surface area contributed by atoms with Gasteiger partial charge in [0.25, 0.3) is 0 Å². The van der Waals surface area contributed by atoms with Crippen molar-refractivity contribution in [3.8, 4) is 0 Å². The van der Waals surface area contributed by atoms with E-state index in [-0.39, 0.29) is 0 Å². The van der Waals surface area contributed by atoms with Crippen LogP contribution in [0.25, 0.3) is 0 Å². The van der Waals surface area contributed by atoms with Gasteiger partial charge in [0.15, 0.2) is 0 Å². The zero-order chi connectivity index (χ0) is 9.97. The zero-order valence-corrected chi connectivity index (χ0v) is 9.50. The summed E-state index contributed by atoms with van der Waals surface area (Å²) in [5.74, 6) is 0. The summed E-state index contributed by atoms with van der Waals surface area (Å²) in [5, 5.41) is 3.35. The normalized spacial score (nSPS) is 29.8. The van der Waals surface area contributed by atoms with Crippen molar-refractivity contribution < 1.29 is 0 Å². The highest BCUT2D eigenvalue weighted by Gasteiger charge is 2.32. The topological polar surface area (TPSA) is 18.5 Å². The fourth-order valence-corrected chi connectivity index (χ4v) is 2.67. The second kappa shape index (κ2) is 4.60. The van der Waals surface area contributed by atoms with Gasteiger partial charge in [-0.1, -0.05) is 13.8 Å². The molecular weight excluding hydrogens is 174 g/mol. The largest absolute Gasteiger partial charge is 0.314 e. The molecule has 0 aromatic carbocycles. The average Bonchev–Trinajstić information content (AvgIpc) is 2.53. The van der Waals surface area contributed by atoms with E-state index in [0.29, 0.717) is 0 Å². The van der Waals surface area contributed by atoms with Crippen molar-refractivity contribution in [1.29, 1.82) is 0 Å². The fourth-order valence-electron chi connectivity index (χ4n) is 2.67. The number of likely N-dealkylation sites (tertiary alicyclic amines) is 1. The van der Waals surface area contributed by atoms with Crippen molar-refractivity contribution in [2.45, 2.75) is 32.4 Å². The maximum Gasteiger partial charge on any atom is 0.0346 e. The Hall–Kier alpha value is -0.120. The summed E-state index contributed by atoms with van der Waals surface area (Å²) in [4.78, 5) is 5.27. The van der Waals surface area contributed by atoms with Gasteiger partial charge < -0.3 is 5.32 Å². The number of nitrogens with zero attached hydrogens (tertiary/aromatic N) is 2. The Kier molecular flexibility index (Phi) is 3.42. The molecule has 0 radical (unpaired) electrons. The summed E-state index contributed by atoms with van der Waals surface area (Å²) >= 11 is 0. The maximum absolute atomic E-state index is 3.35. The molecule has 1 unspecified atom stereocenters. The third kappa shape index (κ3) is 1.95. The summed E-state index contributed by atoms with van der Waals surface area (Å²) in [7, 11) is 0. The molecule has 3 heteroatoms. The van der Waals surface area contributed by atoms with E-state index < -0.39 is 0 Å². The van der Waals surface area contributed by atoms with Crippen molar-refractivity contribution in [3.63, 3.8) is 0 Å². The molecule has 0 saturated carbocycles. The third-order valence-corrected chi connectivity index (χ3v) is 3.80. The highest BCUT2D eigenvalue weighted by Crippen LogP contribution is 2.19. The van der Waals surface area contributed by atoms with Gasteiger partial charge in [-0.2, -0.15) is 0 Å². The summed E-state index contributed by atoms with van der Waals surface area (Å²) in [5.41, 5.74) is 0. The van der Waals surface area contributed by atoms with Crippen LogP contribution in [0.3, 0.4) is 0 Å². The number of hydrogen-bond donors (Lipinski definition) is 1. The number of nitrogens with one attached hydrogen (secondary N) is 1. The average molecular weight is 197 g/mol. The monoisotopic (exact) mass is 197 g/mol. The van der Waals surface area contributed by atoms with Gasteiger partial charge in [0, 0.05) is 38.3 Å². The van der Waals surface area contributed by atoms with E-state index >= 15 is 0 Å². The maximum atomic E-state index is 3.35. The van der Waals surface area contributed by atoms with Crippen molar-refractivity contribution >= 4 is 0 Å². The Labute approximate surface area is 87.4 Å². The van der Waals surface area contributed by atoms with Crippen LogP contribution >= 0.6 is 0 Å². The Bertz CT molecular complexity index is 175. The molecule has 0 aromatic heterocycles. The predicted molar refractivity (Wildman–Crippen MR) is 59.6 cm³/mol. The van der Waals surface area contributed by atoms with Crippen LogP contribution in [0.2, 0.25) is 0 Å². The molecule has 0 spiro atoms. The molecule has 0 amide bonds. The van der Waals surface area contributed by atoms with E-state index in [4.69, 9.17) is 0 Å². The molecule has 2 heterocycles. The molecule has 82 valence electrons. The van der Waals surface area contributed by atoms with Gasteiger partial charge in [0.05, 0.1) is 0 Å². The molecule has 0 aliphatic carbocycles. The Balaban J connectivity index is 1.80. The Morgan fingerprint density at radius 1 is 1.29 bits per heavy atom. The molecule has 0 bridgehead atoms. The van der Waals surface area contributed by atoms with Crippen LogP contribution in [-0.2, 0) is 0 Å². The SMILES string of the molecule is CCN(CC)C1CCN(C2CNC2)C1. The lowest BCUT2D eigenvalue weighted by molar-refractivity contribution is 0.154. The van der Waals surface area contributed by atoms with Gasteiger partial charge in [0.2, 0.25) is 0 Å². The highest BCUT2D eigenvalue weighted by molar-refractivity contribution is 4.92. The first-order chi connectivity index (χ1) is 6.85. The first-order valence-electron chi connectivity index (χ1n) is 6.04. The zero-order valence-electron chi connectivity index (χ0n) is 9.50. The van der Waals surface area contributed by atoms with Gasteiger partial charge in [-0.15, -0.1) is 0 Å². The lowest BCUT2D eigenvalue weighted by atomic mass is 10.1. The predicted octanol–water partition coefficient (Wildman–Crippen LogP) is 0.374. The molecule has 2 fully saturated rings. The highest BCUT2D eigenvalue weighted by atomic mass is 15.3. The quantitative estimate of drug-likeness (QED) is 0.703. The van der Waals surface area contributed by atoms with Crippen LogP contribution in [-0.4, -0.2) is 61.2 Å². The van der Waals surface area contributed by atoms with E-state index in [2.05, 4.69) is 29.0 Å². The van der Waals surface area contributed by atoms with Crippen molar-refractivity contribution in [3.05, 3.63) is 0 Å². The molecule has 2 aliphatic heterocycles. The summed E-state index contributed by atoms with van der Waals surface area (Å²) in [6, 6.07) is 1.67. The van der Waals surface area contributed by atoms with E-state index in [1.54, 1.807) is 0 Å². The molecule has 2 rings (SSSR count). The summed E-state index contributed by atoms with van der Waals surface area (Å²) in [6.45, 7) is 12.0. The van der Waals surface area contributed by atoms with Crippen LogP contribution in [0, 0.1) is 0 Å². The van der Waals surface area contributed by atoms with Crippen LogP contribution in [0.1, 0.15) is 20.3 Å². The number of rotatable bonds is 4. The van der Waals surface area contributed by atoms with E-state index in [1.165, 1.54) is 45.7 Å². The minimum absolute atomic E-state index is 0.825. The first-order valence-corrected chi connectivity index (χ1v) is 6.04. The number of likely N-dealkylation sites (N-methyl/N-ethyl adjacent to an activating group) is 1. The summed E-state index contributed by atoms with van der Waals surface area (Å²) in [6.07, 6.45) is 1.37. The van der Waals surface area contributed by atoms with Crippen molar-refractivity contribution in [1.82, 2.24) is 15.1 Å². The van der Waals surface area contributed by atoms with E-state index in [9.17, 15) is 0 Å². The van der Waals surface area contributed by atoms with Crippen molar-refractivity contribution in [2.24, 2.45) is 0 Å². The minimum Gasteiger partial charge on any atom is -0.314 e. The molecule has 3 nitrogen and oxygen atoms in total. The second-order valence-corrected chi connectivity index (χ2v) is 4.47. The van der Waals surface area contributed by atoms with Crippen molar-refractivity contribution in [2.75, 3.05) is 39.3 Å². The first kappa shape index (κ1) is 10.4. The smallest absolute Gasteiger partial charge is 0.0346 e. The Morgan fingerprint density at radius 2 is 2.00 bits per heavy atom. The van der Waals surface area contributed by atoms with Crippen LogP contribution in [0.4, 0.5) is 0 Å². The lowest BCUT2D eigenvalue weighted by Gasteiger charge is -2.36. The molecule has 1 atom stereocenters. The molecule has 2 saturated heterocycles. The third-order valence-electron chi connectivity index (χ3n) is 3.80. The molecule has 14 heavy (non-hydrogen) atoms. The standard InChI is InChI=1S/C11H23N3/c1-3-13(4-2)10-5-6-14(9-10)11-7-12-8-11/h10-12H,3-9H2,1-2H3. The molecule has 2 aliphatic rings. The van der Waals surface area contributed by atoms with E-state index in [1.807, 2.05) is 0 Å². The lowest BCUT2D eigenvalue weighted by Crippen LogP contribution is -2.57. The second-order valence-electron chi connectivity index (χ2n) is 4.47. The Morgan fingerprint density at radius 3 is 2.50 bits per heavy atom. The van der Waals surface area contributed by atoms with Crippen LogP contribution in [0.15, 0.2) is 0 Å². The van der Waals surface area contributed by atoms with Gasteiger partial charge in [0.1, 0.15) is 0 Å².